The van der Waals surface area contributed by atoms with Gasteiger partial charge in [0.15, 0.2) is 29.7 Å². The zero-order chi connectivity index (χ0) is 20.2. The van der Waals surface area contributed by atoms with Crippen molar-refractivity contribution in [3.8, 4) is 11.6 Å². The van der Waals surface area contributed by atoms with Crippen LogP contribution in [0.2, 0.25) is 0 Å². The molecule has 0 fully saturated rings. The molecule has 0 radical (unpaired) electrons. The van der Waals surface area contributed by atoms with E-state index in [2.05, 4.69) is 56.2 Å². The maximum Gasteiger partial charge on any atom is 0.217 e. The quantitative estimate of drug-likeness (QED) is 0.467. The molecule has 6 heterocycles. The van der Waals surface area contributed by atoms with Gasteiger partial charge in [0.1, 0.15) is 0 Å². The van der Waals surface area contributed by atoms with Crippen molar-refractivity contribution in [2.75, 3.05) is 0 Å². The molecule has 0 aromatic carbocycles. The van der Waals surface area contributed by atoms with Crippen LogP contribution in [0, 0.1) is 13.8 Å². The largest absolute Gasteiger partial charge is 0.335 e. The third-order valence-electron chi connectivity index (χ3n) is 5.44. The summed E-state index contributed by atoms with van der Waals surface area (Å²) < 4.78 is 5.86. The van der Waals surface area contributed by atoms with Crippen LogP contribution in [0.1, 0.15) is 16.8 Å². The number of nitrogens with one attached hydrogen (secondary N) is 1. The number of aromatic amines is 1. The predicted molar refractivity (Wildman–Crippen MR) is 112 cm³/mol. The average Bonchev–Trinajstić information content (AvgIpc) is 3.46. The van der Waals surface area contributed by atoms with Gasteiger partial charge in [0.2, 0.25) is 11.5 Å². The van der Waals surface area contributed by atoms with E-state index in [-0.39, 0.29) is 0 Å². The molecule has 0 saturated heterocycles. The van der Waals surface area contributed by atoms with Crippen LogP contribution < -0.4 is 4.57 Å². The fourth-order valence-corrected chi connectivity index (χ4v) is 3.80. The van der Waals surface area contributed by atoms with Gasteiger partial charge < -0.3 is 4.98 Å². The number of nitrogens with zero attached hydrogens (tertiary/aromatic N) is 7. The number of aromatic nitrogens is 8. The molecule has 0 aliphatic heterocycles. The summed E-state index contributed by atoms with van der Waals surface area (Å²) in [6.07, 6.45) is 7.86. The highest BCUT2D eigenvalue weighted by Gasteiger charge is 2.18. The van der Waals surface area contributed by atoms with Gasteiger partial charge in [0, 0.05) is 37.1 Å². The monoisotopic (exact) mass is 395 g/mol. The highest BCUT2D eigenvalue weighted by molar-refractivity contribution is 5.79. The molecule has 8 nitrogen and oxygen atoms in total. The highest BCUT2D eigenvalue weighted by Crippen LogP contribution is 2.20. The van der Waals surface area contributed by atoms with E-state index >= 15 is 0 Å². The maximum absolute atomic E-state index is 4.81. The number of rotatable bonds is 3. The summed E-state index contributed by atoms with van der Waals surface area (Å²) in [5.74, 6) is 1.26. The molecule has 0 aliphatic rings. The molecule has 0 spiro atoms. The highest BCUT2D eigenvalue weighted by atomic mass is 15.3. The van der Waals surface area contributed by atoms with Crippen LogP contribution in [0.3, 0.4) is 0 Å². The molecule has 8 heteroatoms. The second kappa shape index (κ2) is 6.21. The Kier molecular flexibility index (Phi) is 3.49. The Morgan fingerprint density at radius 2 is 1.97 bits per heavy atom. The van der Waals surface area contributed by atoms with Gasteiger partial charge >= 0.3 is 0 Å². The SMILES string of the molecule is Cc1ccn2nc(-c3nc4c(C)[n+](Cc5ccc6ccnn6c5)ccc4[nH]3)nc2c1. The van der Waals surface area contributed by atoms with Crippen molar-refractivity contribution in [2.24, 2.45) is 0 Å². The summed E-state index contributed by atoms with van der Waals surface area (Å²) in [6, 6.07) is 12.3. The van der Waals surface area contributed by atoms with Crippen molar-refractivity contribution in [3.05, 3.63) is 78.0 Å². The third-order valence-corrected chi connectivity index (χ3v) is 5.44. The van der Waals surface area contributed by atoms with Crippen molar-refractivity contribution < 1.29 is 4.57 Å². The van der Waals surface area contributed by atoms with E-state index < -0.39 is 0 Å². The fraction of sp³-hybridized carbons (Fsp3) is 0.136. The summed E-state index contributed by atoms with van der Waals surface area (Å²) in [5.41, 5.74) is 7.19. The van der Waals surface area contributed by atoms with E-state index in [0.29, 0.717) is 11.6 Å². The van der Waals surface area contributed by atoms with Crippen LogP contribution in [0.25, 0.3) is 33.8 Å². The fourth-order valence-electron chi connectivity index (χ4n) is 3.80. The summed E-state index contributed by atoms with van der Waals surface area (Å²) in [7, 11) is 0. The Hall–Kier alpha value is -4.07. The van der Waals surface area contributed by atoms with Gasteiger partial charge in [-0.1, -0.05) is 0 Å². The average molecular weight is 395 g/mol. The molecule has 30 heavy (non-hydrogen) atoms. The van der Waals surface area contributed by atoms with Crippen LogP contribution in [0.5, 0.6) is 0 Å². The molecule has 0 unspecified atom stereocenters. The molecule has 0 aliphatic carbocycles. The lowest BCUT2D eigenvalue weighted by atomic mass is 10.2. The van der Waals surface area contributed by atoms with Crippen molar-refractivity contribution in [1.82, 2.24) is 34.2 Å². The Balaban J connectivity index is 1.39. The predicted octanol–water partition coefficient (Wildman–Crippen LogP) is 2.87. The standard InChI is InChI=1S/C22H18N8/c1-14-6-10-29-19(11-14)25-22(27-29)21-24-18-7-9-28(15(2)20(18)26-21)12-16-3-4-17-5-8-23-30(17)13-16/h3-11,13H,12H2,1-2H3/p+1. The molecule has 6 aromatic rings. The summed E-state index contributed by atoms with van der Waals surface area (Å²) in [4.78, 5) is 12.8. The van der Waals surface area contributed by atoms with Crippen molar-refractivity contribution in [1.29, 1.82) is 0 Å². The van der Waals surface area contributed by atoms with Gasteiger partial charge in [-0.3, -0.25) is 0 Å². The lowest BCUT2D eigenvalue weighted by Gasteiger charge is -2.02. The summed E-state index contributed by atoms with van der Waals surface area (Å²) >= 11 is 0. The van der Waals surface area contributed by atoms with Crippen LogP contribution in [0.15, 0.2) is 61.2 Å². The molecule has 0 atom stereocenters. The Morgan fingerprint density at radius 1 is 1.03 bits per heavy atom. The van der Waals surface area contributed by atoms with Gasteiger partial charge in [-0.05, 0) is 42.8 Å². The van der Waals surface area contributed by atoms with E-state index in [4.69, 9.17) is 4.98 Å². The molecule has 0 amide bonds. The Labute approximate surface area is 171 Å². The first-order valence-corrected chi connectivity index (χ1v) is 9.78. The van der Waals surface area contributed by atoms with Crippen molar-refractivity contribution in [3.63, 3.8) is 0 Å². The number of aryl methyl sites for hydroxylation is 2. The Bertz CT molecular complexity index is 1550. The molecule has 6 aromatic heterocycles. The number of hydrogen-bond donors (Lipinski definition) is 1. The zero-order valence-electron chi connectivity index (χ0n) is 16.6. The molecular formula is C22H19N8+. The molecule has 6 rings (SSSR count). The second-order valence-electron chi connectivity index (χ2n) is 7.56. The first-order valence-electron chi connectivity index (χ1n) is 9.78. The number of pyridine rings is 3. The topological polar surface area (TPSA) is 80.0 Å². The van der Waals surface area contributed by atoms with Gasteiger partial charge in [0.05, 0.1) is 11.0 Å². The van der Waals surface area contributed by atoms with Crippen LogP contribution in [-0.2, 0) is 6.54 Å². The van der Waals surface area contributed by atoms with Crippen LogP contribution in [0.4, 0.5) is 0 Å². The minimum atomic E-state index is 0.590. The van der Waals surface area contributed by atoms with Gasteiger partial charge in [-0.25, -0.2) is 19.0 Å². The van der Waals surface area contributed by atoms with E-state index in [0.717, 1.165) is 40.0 Å². The molecule has 0 bridgehead atoms. The van der Waals surface area contributed by atoms with E-state index in [1.165, 1.54) is 5.56 Å². The van der Waals surface area contributed by atoms with Crippen LogP contribution in [-0.4, -0.2) is 34.2 Å². The maximum atomic E-state index is 4.81. The normalized spacial score (nSPS) is 11.8. The smallest absolute Gasteiger partial charge is 0.217 e. The van der Waals surface area contributed by atoms with E-state index in [1.807, 2.05) is 48.1 Å². The third kappa shape index (κ3) is 2.65. The number of imidazole rings is 1. The number of H-pyrrole nitrogens is 1. The lowest BCUT2D eigenvalue weighted by molar-refractivity contribution is -0.693. The molecule has 146 valence electrons. The lowest BCUT2D eigenvalue weighted by Crippen LogP contribution is -2.37. The minimum Gasteiger partial charge on any atom is -0.335 e. The first-order chi connectivity index (χ1) is 14.6. The minimum absolute atomic E-state index is 0.590. The van der Waals surface area contributed by atoms with E-state index in [1.54, 1.807) is 4.52 Å². The molecular weight excluding hydrogens is 376 g/mol. The Morgan fingerprint density at radius 3 is 2.90 bits per heavy atom. The van der Waals surface area contributed by atoms with Gasteiger partial charge in [0.25, 0.3) is 0 Å². The van der Waals surface area contributed by atoms with Crippen molar-refractivity contribution in [2.45, 2.75) is 20.4 Å². The van der Waals surface area contributed by atoms with Gasteiger partial charge in [-0.15, -0.1) is 5.10 Å². The first kappa shape index (κ1) is 16.8. The number of hydrogen-bond acceptors (Lipinski definition) is 4. The van der Waals surface area contributed by atoms with Crippen LogP contribution >= 0.6 is 0 Å². The summed E-state index contributed by atoms with van der Waals surface area (Å²) in [5, 5.41) is 8.89. The molecule has 1 N–H and O–H groups in total. The second-order valence-corrected chi connectivity index (χ2v) is 7.56. The zero-order valence-corrected chi connectivity index (χ0v) is 16.6. The van der Waals surface area contributed by atoms with Crippen molar-refractivity contribution >= 4 is 22.2 Å². The summed E-state index contributed by atoms with van der Waals surface area (Å²) in [6.45, 7) is 4.87. The molecule has 0 saturated carbocycles. The number of fused-ring (bicyclic) bond motifs is 3. The van der Waals surface area contributed by atoms with Gasteiger partial charge in [-0.2, -0.15) is 9.67 Å². The van der Waals surface area contributed by atoms with E-state index in [9.17, 15) is 0 Å².